The predicted octanol–water partition coefficient (Wildman–Crippen LogP) is 6.65. The predicted molar refractivity (Wildman–Crippen MR) is 135 cm³/mol. The van der Waals surface area contributed by atoms with Gasteiger partial charge in [-0.2, -0.15) is 0 Å². The molecule has 164 valence electrons. The van der Waals surface area contributed by atoms with Crippen LogP contribution >= 0.6 is 0 Å². The molecule has 1 aliphatic heterocycles. The van der Waals surface area contributed by atoms with Crippen LogP contribution in [0.4, 0.5) is 28.4 Å². The molecule has 2 heterocycles. The van der Waals surface area contributed by atoms with Gasteiger partial charge in [0, 0.05) is 45.9 Å². The van der Waals surface area contributed by atoms with E-state index in [0.717, 1.165) is 56.4 Å². The molecule has 1 aliphatic rings. The van der Waals surface area contributed by atoms with Crippen molar-refractivity contribution in [2.45, 2.75) is 27.3 Å². The van der Waals surface area contributed by atoms with Crippen LogP contribution in [0.1, 0.15) is 32.7 Å². The first kappa shape index (κ1) is 20.8. The van der Waals surface area contributed by atoms with E-state index in [2.05, 4.69) is 35.5 Å². The summed E-state index contributed by atoms with van der Waals surface area (Å²) in [7, 11) is 0. The monoisotopic (exact) mass is 434 g/mol. The van der Waals surface area contributed by atoms with E-state index in [1.165, 1.54) is 0 Å². The van der Waals surface area contributed by atoms with E-state index in [1.807, 2.05) is 84.8 Å². The lowest BCUT2D eigenvalue weighted by Crippen LogP contribution is -2.22. The first-order valence-electron chi connectivity index (χ1n) is 11.1. The van der Waals surface area contributed by atoms with E-state index >= 15 is 0 Å². The molecule has 3 aromatic carbocycles. The third-order valence-corrected chi connectivity index (χ3v) is 6.16. The van der Waals surface area contributed by atoms with Crippen molar-refractivity contribution in [1.29, 1.82) is 0 Å². The van der Waals surface area contributed by atoms with Crippen LogP contribution in [0.3, 0.4) is 0 Å². The summed E-state index contributed by atoms with van der Waals surface area (Å²) < 4.78 is 0. The number of benzene rings is 3. The lowest BCUT2D eigenvalue weighted by Gasteiger charge is -2.17. The first-order valence-corrected chi connectivity index (χ1v) is 11.1. The van der Waals surface area contributed by atoms with E-state index in [1.54, 1.807) is 0 Å². The summed E-state index contributed by atoms with van der Waals surface area (Å²) in [5.41, 5.74) is 9.90. The summed E-state index contributed by atoms with van der Waals surface area (Å²) >= 11 is 0. The van der Waals surface area contributed by atoms with Gasteiger partial charge in [-0.25, -0.2) is 0 Å². The Morgan fingerprint density at radius 1 is 0.818 bits per heavy atom. The third kappa shape index (κ3) is 4.05. The zero-order chi connectivity index (χ0) is 22.9. The van der Waals surface area contributed by atoms with E-state index in [0.29, 0.717) is 6.54 Å². The number of nitrogens with one attached hydrogen (secondary N) is 2. The van der Waals surface area contributed by atoms with Gasteiger partial charge in [-0.3, -0.25) is 9.78 Å². The van der Waals surface area contributed by atoms with Crippen molar-refractivity contribution in [3.63, 3.8) is 0 Å². The highest BCUT2D eigenvalue weighted by Gasteiger charge is 2.29. The Hall–Kier alpha value is -4.12. The summed E-state index contributed by atoms with van der Waals surface area (Å²) in [6.45, 7) is 6.69. The number of fused-ring (bicyclic) bond motifs is 1. The van der Waals surface area contributed by atoms with Crippen molar-refractivity contribution < 1.29 is 4.79 Å². The fourth-order valence-corrected chi connectivity index (χ4v) is 4.22. The molecule has 5 heteroatoms. The Labute approximate surface area is 194 Å². The Morgan fingerprint density at radius 3 is 2.39 bits per heavy atom. The van der Waals surface area contributed by atoms with E-state index < -0.39 is 0 Å². The standard InChI is InChI=1S/C28H26N4O/c1-18-16-29-20(3)19(2)27(18)31-24-12-13-26-21(14-24)17-32(28(26)33)25-11-7-10-23(15-25)30-22-8-5-4-6-9-22/h4-16,30H,17H2,1-3H3,(H,29,31). The van der Waals surface area contributed by atoms with Gasteiger partial charge in [0.25, 0.3) is 5.91 Å². The van der Waals surface area contributed by atoms with Crippen LogP contribution in [-0.2, 0) is 6.54 Å². The van der Waals surface area contributed by atoms with Crippen LogP contribution in [-0.4, -0.2) is 10.9 Å². The molecule has 1 amide bonds. The average molecular weight is 435 g/mol. The van der Waals surface area contributed by atoms with Gasteiger partial charge in [0.2, 0.25) is 0 Å². The topological polar surface area (TPSA) is 57.3 Å². The van der Waals surface area contributed by atoms with Crippen LogP contribution in [0.5, 0.6) is 0 Å². The number of para-hydroxylation sites is 1. The fraction of sp³-hybridized carbons (Fsp3) is 0.143. The second-order valence-corrected chi connectivity index (χ2v) is 8.46. The number of carbonyl (C=O) groups excluding carboxylic acids is 1. The molecule has 0 fully saturated rings. The molecule has 0 aliphatic carbocycles. The number of carbonyl (C=O) groups is 1. The van der Waals surface area contributed by atoms with Gasteiger partial charge < -0.3 is 15.5 Å². The van der Waals surface area contributed by atoms with E-state index in [-0.39, 0.29) is 5.91 Å². The van der Waals surface area contributed by atoms with Gasteiger partial charge in [0.05, 0.1) is 6.54 Å². The maximum absolute atomic E-state index is 13.2. The van der Waals surface area contributed by atoms with Crippen molar-refractivity contribution in [2.24, 2.45) is 0 Å². The first-order chi connectivity index (χ1) is 16.0. The van der Waals surface area contributed by atoms with Crippen molar-refractivity contribution >= 4 is 34.3 Å². The molecule has 33 heavy (non-hydrogen) atoms. The Morgan fingerprint density at radius 2 is 1.58 bits per heavy atom. The molecule has 0 saturated heterocycles. The molecule has 0 saturated carbocycles. The third-order valence-electron chi connectivity index (χ3n) is 6.16. The van der Waals surface area contributed by atoms with Gasteiger partial charge in [0.1, 0.15) is 0 Å². The molecule has 0 radical (unpaired) electrons. The van der Waals surface area contributed by atoms with Crippen LogP contribution in [0, 0.1) is 20.8 Å². The van der Waals surface area contributed by atoms with Crippen LogP contribution < -0.4 is 15.5 Å². The molecule has 5 rings (SSSR count). The number of amides is 1. The molecule has 5 nitrogen and oxygen atoms in total. The zero-order valence-corrected chi connectivity index (χ0v) is 19.0. The number of hydrogen-bond acceptors (Lipinski definition) is 4. The molecule has 0 atom stereocenters. The van der Waals surface area contributed by atoms with Crippen molar-refractivity contribution in [3.8, 4) is 0 Å². The van der Waals surface area contributed by atoms with Gasteiger partial charge >= 0.3 is 0 Å². The van der Waals surface area contributed by atoms with Gasteiger partial charge in [-0.1, -0.05) is 24.3 Å². The number of aryl methyl sites for hydroxylation is 2. The van der Waals surface area contributed by atoms with Crippen LogP contribution in [0.25, 0.3) is 0 Å². The molecule has 1 aromatic heterocycles. The summed E-state index contributed by atoms with van der Waals surface area (Å²) in [6.07, 6.45) is 1.89. The molecule has 0 spiro atoms. The van der Waals surface area contributed by atoms with Crippen molar-refractivity contribution in [1.82, 2.24) is 4.98 Å². The van der Waals surface area contributed by atoms with Crippen LogP contribution in [0.15, 0.2) is 79.0 Å². The quantitative estimate of drug-likeness (QED) is 0.369. The summed E-state index contributed by atoms with van der Waals surface area (Å²) in [6, 6.07) is 24.0. The Kier molecular flexibility index (Phi) is 5.31. The van der Waals surface area contributed by atoms with Gasteiger partial charge in [-0.05, 0) is 86.0 Å². The fourth-order valence-electron chi connectivity index (χ4n) is 4.22. The van der Waals surface area contributed by atoms with E-state index in [9.17, 15) is 4.79 Å². The lowest BCUT2D eigenvalue weighted by atomic mass is 10.1. The highest BCUT2D eigenvalue weighted by molar-refractivity contribution is 6.10. The Bertz CT molecular complexity index is 1350. The minimum atomic E-state index is 0.0283. The number of pyridine rings is 1. The van der Waals surface area contributed by atoms with Crippen molar-refractivity contribution in [3.05, 3.63) is 107 Å². The smallest absolute Gasteiger partial charge is 0.258 e. The minimum absolute atomic E-state index is 0.0283. The van der Waals surface area contributed by atoms with Gasteiger partial charge in [0.15, 0.2) is 0 Å². The van der Waals surface area contributed by atoms with Crippen molar-refractivity contribution in [2.75, 3.05) is 15.5 Å². The molecule has 2 N–H and O–H groups in total. The molecular formula is C28H26N4O. The summed E-state index contributed by atoms with van der Waals surface area (Å²) in [5, 5.41) is 6.94. The largest absolute Gasteiger partial charge is 0.355 e. The Balaban J connectivity index is 1.39. The second-order valence-electron chi connectivity index (χ2n) is 8.46. The zero-order valence-electron chi connectivity index (χ0n) is 19.0. The average Bonchev–Trinajstić information content (AvgIpc) is 3.16. The number of aromatic nitrogens is 1. The SMILES string of the molecule is Cc1cnc(C)c(C)c1Nc1ccc2c(c1)CN(c1cccc(Nc3ccccc3)c1)C2=O. The minimum Gasteiger partial charge on any atom is -0.355 e. The molecule has 0 unspecified atom stereocenters. The number of nitrogens with zero attached hydrogens (tertiary/aromatic N) is 2. The van der Waals surface area contributed by atoms with E-state index in [4.69, 9.17) is 0 Å². The number of rotatable bonds is 5. The van der Waals surface area contributed by atoms with Gasteiger partial charge in [-0.15, -0.1) is 0 Å². The normalized spacial score (nSPS) is 12.6. The highest BCUT2D eigenvalue weighted by atomic mass is 16.2. The maximum atomic E-state index is 13.2. The number of anilines is 5. The molecule has 0 bridgehead atoms. The molecule has 4 aromatic rings. The highest BCUT2D eigenvalue weighted by Crippen LogP contribution is 2.33. The summed E-state index contributed by atoms with van der Waals surface area (Å²) in [4.78, 5) is 19.4. The second kappa shape index (κ2) is 8.43. The van der Waals surface area contributed by atoms with Crippen LogP contribution in [0.2, 0.25) is 0 Å². The lowest BCUT2D eigenvalue weighted by molar-refractivity contribution is 0.0996. The molecular weight excluding hydrogens is 408 g/mol. The maximum Gasteiger partial charge on any atom is 0.258 e. The number of hydrogen-bond donors (Lipinski definition) is 2. The summed E-state index contributed by atoms with van der Waals surface area (Å²) in [5.74, 6) is 0.0283.